The summed E-state index contributed by atoms with van der Waals surface area (Å²) >= 11 is 6.25. The van der Waals surface area contributed by atoms with Crippen molar-refractivity contribution in [1.82, 2.24) is 4.90 Å². The highest BCUT2D eigenvalue weighted by atomic mass is 35.5. The lowest BCUT2D eigenvalue weighted by molar-refractivity contribution is -0.136. The van der Waals surface area contributed by atoms with Crippen LogP contribution < -0.4 is 10.5 Å². The van der Waals surface area contributed by atoms with Gasteiger partial charge in [-0.3, -0.25) is 19.2 Å². The number of phenolic OH excluding ortho intramolecular Hbond substituents is 1. The lowest BCUT2D eigenvalue weighted by Gasteiger charge is -2.42. The fraction of sp³-hybridized carbons (Fsp3) is 0.320. The molecule has 180 valence electrons. The molecule has 35 heavy (non-hydrogen) atoms. The number of urea groups is 1. The quantitative estimate of drug-likeness (QED) is 0.363. The summed E-state index contributed by atoms with van der Waals surface area (Å²) in [7, 11) is 1.36. The zero-order valence-corrected chi connectivity index (χ0v) is 19.6. The van der Waals surface area contributed by atoms with Crippen LogP contribution in [0.4, 0.5) is 4.79 Å². The van der Waals surface area contributed by atoms with Crippen LogP contribution >= 0.6 is 11.6 Å². The minimum atomic E-state index is -1.14. The van der Waals surface area contributed by atoms with E-state index in [1.165, 1.54) is 25.3 Å². The Morgan fingerprint density at radius 1 is 1.17 bits per heavy atom. The van der Waals surface area contributed by atoms with Gasteiger partial charge in [0.25, 0.3) is 0 Å². The van der Waals surface area contributed by atoms with E-state index in [1.807, 2.05) is 0 Å². The van der Waals surface area contributed by atoms with Crippen LogP contribution in [0.3, 0.4) is 0 Å². The predicted molar refractivity (Wildman–Crippen MR) is 122 cm³/mol. The van der Waals surface area contributed by atoms with Gasteiger partial charge in [-0.2, -0.15) is 4.90 Å². The first-order chi connectivity index (χ1) is 16.6. The first-order valence-electron chi connectivity index (χ1n) is 11.0. The fourth-order valence-electron chi connectivity index (χ4n) is 5.89. The number of allylic oxidation sites excluding steroid dienone is 6. The second-order valence-corrected chi connectivity index (χ2v) is 9.54. The number of hydrogen-bond donors (Lipinski definition) is 2. The molecule has 9 nitrogen and oxygen atoms in total. The van der Waals surface area contributed by atoms with E-state index >= 15 is 0 Å². The van der Waals surface area contributed by atoms with E-state index in [-0.39, 0.29) is 57.6 Å². The number of carbonyl (C=O) groups excluding carboxylic acids is 5. The molecule has 1 aliphatic heterocycles. The molecule has 3 aliphatic carbocycles. The third-order valence-corrected chi connectivity index (χ3v) is 7.67. The number of imide groups is 3. The van der Waals surface area contributed by atoms with Gasteiger partial charge in [0, 0.05) is 22.6 Å². The van der Waals surface area contributed by atoms with Gasteiger partial charge in [0.05, 0.1) is 24.0 Å². The smallest absolute Gasteiger partial charge is 0.328 e. The monoisotopic (exact) mass is 496 g/mol. The number of aromatic hydroxyl groups is 1. The summed E-state index contributed by atoms with van der Waals surface area (Å²) in [5.74, 6) is -5.24. The van der Waals surface area contributed by atoms with E-state index in [4.69, 9.17) is 22.1 Å². The SMILES string of the molecule is COc1cc(C2C3=CCC4C(=O)N(C(N)=O)C(=O)C4C3CC3=C2C(=O)C=C(C)C3=O)cc(Cl)c1O. The number of hydrogen-bond acceptors (Lipinski definition) is 7. The molecule has 0 bridgehead atoms. The molecular formula is C25H21ClN2O7. The van der Waals surface area contributed by atoms with E-state index in [1.54, 1.807) is 13.0 Å². The van der Waals surface area contributed by atoms with Crippen molar-refractivity contribution in [2.24, 2.45) is 23.5 Å². The van der Waals surface area contributed by atoms with E-state index in [0.29, 0.717) is 16.0 Å². The number of rotatable bonds is 2. The highest BCUT2D eigenvalue weighted by Gasteiger charge is 2.57. The van der Waals surface area contributed by atoms with Crippen LogP contribution in [0.2, 0.25) is 5.02 Å². The first kappa shape index (κ1) is 23.0. The minimum Gasteiger partial charge on any atom is -0.503 e. The second-order valence-electron chi connectivity index (χ2n) is 9.13. The summed E-state index contributed by atoms with van der Waals surface area (Å²) in [4.78, 5) is 64.7. The topological polar surface area (TPSA) is 144 Å². The molecule has 4 atom stereocenters. The molecule has 0 radical (unpaired) electrons. The number of ketones is 2. The highest BCUT2D eigenvalue weighted by Crippen LogP contribution is 2.55. The number of Topliss-reactive ketones (excluding diaryl/α,β-unsaturated/α-hetero) is 1. The molecule has 5 rings (SSSR count). The highest BCUT2D eigenvalue weighted by molar-refractivity contribution is 6.32. The normalized spacial score (nSPS) is 27.8. The van der Waals surface area contributed by atoms with Crippen molar-refractivity contribution < 1.29 is 33.8 Å². The number of nitrogens with zero attached hydrogens (tertiary/aromatic N) is 1. The maximum absolute atomic E-state index is 13.2. The number of nitrogens with two attached hydrogens (primary N) is 1. The summed E-state index contributed by atoms with van der Waals surface area (Å²) in [5, 5.41) is 10.2. The van der Waals surface area contributed by atoms with Crippen molar-refractivity contribution in [3.8, 4) is 11.5 Å². The molecule has 1 aromatic carbocycles. The molecule has 0 saturated carbocycles. The van der Waals surface area contributed by atoms with Crippen LogP contribution in [0.25, 0.3) is 0 Å². The van der Waals surface area contributed by atoms with Crippen molar-refractivity contribution in [2.45, 2.75) is 25.7 Å². The Balaban J connectivity index is 1.73. The molecule has 4 unspecified atom stereocenters. The zero-order chi connectivity index (χ0) is 25.3. The minimum absolute atomic E-state index is 0.00811. The van der Waals surface area contributed by atoms with Gasteiger partial charge in [0.15, 0.2) is 23.1 Å². The Morgan fingerprint density at radius 3 is 2.54 bits per heavy atom. The second kappa shape index (κ2) is 7.91. The molecule has 0 spiro atoms. The summed E-state index contributed by atoms with van der Waals surface area (Å²) in [6.07, 6.45) is 3.33. The molecule has 1 heterocycles. The van der Waals surface area contributed by atoms with Gasteiger partial charge in [-0.05, 0) is 49.5 Å². The molecule has 0 aromatic heterocycles. The molecule has 10 heteroatoms. The van der Waals surface area contributed by atoms with Crippen LogP contribution in [0.1, 0.15) is 31.2 Å². The van der Waals surface area contributed by atoms with Gasteiger partial charge in [-0.15, -0.1) is 0 Å². The van der Waals surface area contributed by atoms with Gasteiger partial charge in [0.2, 0.25) is 11.8 Å². The molecule has 4 aliphatic rings. The molecule has 3 N–H and O–H groups in total. The predicted octanol–water partition coefficient (Wildman–Crippen LogP) is 2.56. The van der Waals surface area contributed by atoms with Crippen molar-refractivity contribution in [3.63, 3.8) is 0 Å². The number of likely N-dealkylation sites (tertiary alicyclic amines) is 1. The van der Waals surface area contributed by atoms with E-state index < -0.39 is 41.5 Å². The maximum atomic E-state index is 13.2. The van der Waals surface area contributed by atoms with Crippen molar-refractivity contribution in [3.05, 3.63) is 57.2 Å². The van der Waals surface area contributed by atoms with Crippen LogP contribution in [-0.2, 0) is 19.2 Å². The summed E-state index contributed by atoms with van der Waals surface area (Å²) in [5.41, 5.74) is 7.29. The van der Waals surface area contributed by atoms with Gasteiger partial charge in [0.1, 0.15) is 0 Å². The molecule has 4 amide bonds. The maximum Gasteiger partial charge on any atom is 0.328 e. The average molecular weight is 497 g/mol. The van der Waals surface area contributed by atoms with Gasteiger partial charge in [-0.25, -0.2) is 4.79 Å². The van der Waals surface area contributed by atoms with E-state index in [0.717, 1.165) is 0 Å². The number of halogens is 1. The van der Waals surface area contributed by atoms with Crippen molar-refractivity contribution in [1.29, 1.82) is 0 Å². The van der Waals surface area contributed by atoms with Crippen molar-refractivity contribution >= 4 is 41.0 Å². The fourth-order valence-corrected chi connectivity index (χ4v) is 6.11. The number of amides is 4. The van der Waals surface area contributed by atoms with E-state index in [9.17, 15) is 29.1 Å². The first-order valence-corrected chi connectivity index (χ1v) is 11.4. The average Bonchev–Trinajstić information content (AvgIpc) is 3.08. The van der Waals surface area contributed by atoms with Crippen LogP contribution in [0.5, 0.6) is 11.5 Å². The third kappa shape index (κ3) is 3.18. The Hall–Kier alpha value is -3.72. The number of ether oxygens (including phenoxy) is 1. The van der Waals surface area contributed by atoms with Crippen LogP contribution in [0, 0.1) is 17.8 Å². The summed E-state index contributed by atoms with van der Waals surface area (Å²) in [6, 6.07) is 1.89. The van der Waals surface area contributed by atoms with E-state index in [2.05, 4.69) is 0 Å². The Morgan fingerprint density at radius 2 is 1.89 bits per heavy atom. The largest absolute Gasteiger partial charge is 0.503 e. The van der Waals surface area contributed by atoms with Gasteiger partial charge < -0.3 is 15.6 Å². The lowest BCUT2D eigenvalue weighted by Crippen LogP contribution is -2.42. The van der Waals surface area contributed by atoms with Crippen molar-refractivity contribution in [2.75, 3.05) is 7.11 Å². The molecule has 1 saturated heterocycles. The Labute approximate surface area is 204 Å². The third-order valence-electron chi connectivity index (χ3n) is 7.39. The number of phenols is 1. The summed E-state index contributed by atoms with van der Waals surface area (Å²) in [6.45, 7) is 1.55. The number of fused-ring (bicyclic) bond motifs is 3. The zero-order valence-electron chi connectivity index (χ0n) is 18.8. The standard InChI is InChI=1S/C25H21ClN2O7/c1-9-5-16(29)20-14(21(9)30)8-13-11(18(20)10-6-15(26)22(31)17(7-10)35-2)3-4-12-19(13)24(33)28(23(12)32)25(27)34/h3,5-7,12-13,18-19,31H,4,8H2,1-2H3,(H2,27,34). The summed E-state index contributed by atoms with van der Waals surface area (Å²) < 4.78 is 5.24. The number of primary amides is 1. The number of benzene rings is 1. The molecule has 1 fully saturated rings. The van der Waals surface area contributed by atoms with Gasteiger partial charge >= 0.3 is 6.03 Å². The lowest BCUT2D eigenvalue weighted by atomic mass is 9.59. The Bertz CT molecular complexity index is 1360. The van der Waals surface area contributed by atoms with Crippen LogP contribution in [0.15, 0.2) is 46.6 Å². The number of carbonyl (C=O) groups is 5. The van der Waals surface area contributed by atoms with Gasteiger partial charge in [-0.1, -0.05) is 23.3 Å². The molecular weight excluding hydrogens is 476 g/mol. The Kier molecular flexibility index (Phi) is 5.21. The van der Waals surface area contributed by atoms with Crippen LogP contribution in [-0.4, -0.2) is 46.5 Å². The number of methoxy groups -OCH3 is 1. The molecule has 1 aromatic rings.